The number of nitrogens with one attached hydrogen (secondary N) is 2. The van der Waals surface area contributed by atoms with Crippen LogP contribution in [-0.4, -0.2) is 36.2 Å². The van der Waals surface area contributed by atoms with Crippen molar-refractivity contribution in [1.29, 1.82) is 0 Å². The van der Waals surface area contributed by atoms with Gasteiger partial charge in [-0.2, -0.15) is 0 Å². The molecule has 2 rings (SSSR count). The van der Waals surface area contributed by atoms with Crippen molar-refractivity contribution in [3.63, 3.8) is 0 Å². The molecule has 0 aliphatic heterocycles. The largest absolute Gasteiger partial charge is 0.393 e. The molecular formula is C12H22N2O2. The van der Waals surface area contributed by atoms with Crippen LogP contribution in [0.4, 0.5) is 0 Å². The molecule has 4 heteroatoms. The molecule has 2 aliphatic rings. The van der Waals surface area contributed by atoms with E-state index in [4.69, 9.17) is 0 Å². The van der Waals surface area contributed by atoms with Crippen molar-refractivity contribution < 1.29 is 9.90 Å². The van der Waals surface area contributed by atoms with Crippen molar-refractivity contribution in [2.24, 2.45) is 5.92 Å². The molecule has 2 unspecified atom stereocenters. The van der Waals surface area contributed by atoms with E-state index in [9.17, 15) is 9.90 Å². The van der Waals surface area contributed by atoms with Gasteiger partial charge in [-0.25, -0.2) is 0 Å². The zero-order valence-electron chi connectivity index (χ0n) is 9.74. The molecule has 1 amide bonds. The number of rotatable bonds is 6. The molecule has 92 valence electrons. The molecule has 0 radical (unpaired) electrons. The van der Waals surface area contributed by atoms with E-state index in [0.717, 1.165) is 45.2 Å². The molecule has 0 aromatic carbocycles. The van der Waals surface area contributed by atoms with Crippen molar-refractivity contribution >= 4 is 5.91 Å². The molecule has 3 N–H and O–H groups in total. The third kappa shape index (κ3) is 3.76. The molecule has 2 atom stereocenters. The van der Waals surface area contributed by atoms with Gasteiger partial charge >= 0.3 is 0 Å². The van der Waals surface area contributed by atoms with Crippen molar-refractivity contribution in [2.75, 3.05) is 13.1 Å². The SMILES string of the molecule is O=C(CCNCC1CCCC1O)NC1CC1. The highest BCUT2D eigenvalue weighted by atomic mass is 16.3. The van der Waals surface area contributed by atoms with Gasteiger partial charge in [0.05, 0.1) is 6.10 Å². The standard InChI is InChI=1S/C12H22N2O2/c15-11-3-1-2-9(11)8-13-7-6-12(16)14-10-4-5-10/h9-11,13,15H,1-8H2,(H,14,16). The molecule has 4 nitrogen and oxygen atoms in total. The molecule has 0 saturated heterocycles. The highest BCUT2D eigenvalue weighted by Gasteiger charge is 2.25. The summed E-state index contributed by atoms with van der Waals surface area (Å²) >= 11 is 0. The lowest BCUT2D eigenvalue weighted by atomic mass is 10.1. The maximum absolute atomic E-state index is 11.4. The van der Waals surface area contributed by atoms with Crippen LogP contribution >= 0.6 is 0 Å². The summed E-state index contributed by atoms with van der Waals surface area (Å²) in [5, 5.41) is 15.8. The summed E-state index contributed by atoms with van der Waals surface area (Å²) in [5.41, 5.74) is 0. The first kappa shape index (κ1) is 11.9. The van der Waals surface area contributed by atoms with E-state index in [-0.39, 0.29) is 12.0 Å². The molecule has 16 heavy (non-hydrogen) atoms. The molecule has 0 aromatic rings. The van der Waals surface area contributed by atoms with Gasteiger partial charge in [0.2, 0.25) is 5.91 Å². The first-order chi connectivity index (χ1) is 7.75. The second-order valence-corrected chi connectivity index (χ2v) is 5.05. The van der Waals surface area contributed by atoms with Crippen LogP contribution < -0.4 is 10.6 Å². The number of carbonyl (C=O) groups excluding carboxylic acids is 1. The van der Waals surface area contributed by atoms with Gasteiger partial charge in [-0.3, -0.25) is 4.79 Å². The van der Waals surface area contributed by atoms with Gasteiger partial charge in [0.1, 0.15) is 0 Å². The molecule has 0 aromatic heterocycles. The molecule has 2 fully saturated rings. The van der Waals surface area contributed by atoms with Crippen LogP contribution in [0.1, 0.15) is 38.5 Å². The van der Waals surface area contributed by atoms with Crippen LogP contribution in [0.15, 0.2) is 0 Å². The van der Waals surface area contributed by atoms with Crippen molar-refractivity contribution in [2.45, 2.75) is 50.7 Å². The fourth-order valence-electron chi connectivity index (χ4n) is 2.27. The second kappa shape index (κ2) is 5.64. The van der Waals surface area contributed by atoms with E-state index in [0.29, 0.717) is 18.4 Å². The second-order valence-electron chi connectivity index (χ2n) is 5.05. The van der Waals surface area contributed by atoms with Gasteiger partial charge < -0.3 is 15.7 Å². The Hall–Kier alpha value is -0.610. The molecule has 0 bridgehead atoms. The average Bonchev–Trinajstić information content (AvgIpc) is 2.96. The van der Waals surface area contributed by atoms with Crippen LogP contribution in [-0.2, 0) is 4.79 Å². The van der Waals surface area contributed by atoms with Crippen molar-refractivity contribution in [3.8, 4) is 0 Å². The fourth-order valence-corrected chi connectivity index (χ4v) is 2.27. The highest BCUT2D eigenvalue weighted by Crippen LogP contribution is 2.24. The van der Waals surface area contributed by atoms with Gasteiger partial charge in [0, 0.05) is 25.6 Å². The summed E-state index contributed by atoms with van der Waals surface area (Å²) in [6.45, 7) is 1.57. The predicted octanol–water partition coefficient (Wildman–Crippen LogP) is 0.406. The van der Waals surface area contributed by atoms with Crippen LogP contribution in [0.2, 0.25) is 0 Å². The highest BCUT2D eigenvalue weighted by molar-refractivity contribution is 5.76. The Kier molecular flexibility index (Phi) is 4.18. The minimum atomic E-state index is -0.132. The van der Waals surface area contributed by atoms with Gasteiger partial charge in [0.15, 0.2) is 0 Å². The lowest BCUT2D eigenvalue weighted by Crippen LogP contribution is -2.32. The number of amides is 1. The van der Waals surface area contributed by atoms with Gasteiger partial charge in [-0.05, 0) is 31.6 Å². The fraction of sp³-hybridized carbons (Fsp3) is 0.917. The van der Waals surface area contributed by atoms with Crippen molar-refractivity contribution in [1.82, 2.24) is 10.6 Å². The van der Waals surface area contributed by atoms with Crippen LogP contribution in [0, 0.1) is 5.92 Å². The Bertz CT molecular complexity index is 241. The molecule has 0 heterocycles. The van der Waals surface area contributed by atoms with Gasteiger partial charge in [0.25, 0.3) is 0 Å². The first-order valence-corrected chi connectivity index (χ1v) is 6.44. The van der Waals surface area contributed by atoms with E-state index in [1.165, 1.54) is 0 Å². The third-order valence-electron chi connectivity index (χ3n) is 3.50. The Labute approximate surface area is 96.8 Å². The molecule has 0 spiro atoms. The first-order valence-electron chi connectivity index (χ1n) is 6.44. The number of aliphatic hydroxyl groups excluding tert-OH is 1. The minimum absolute atomic E-state index is 0.132. The van der Waals surface area contributed by atoms with Gasteiger partial charge in [-0.15, -0.1) is 0 Å². The zero-order valence-corrected chi connectivity index (χ0v) is 9.74. The van der Waals surface area contributed by atoms with Gasteiger partial charge in [-0.1, -0.05) is 6.42 Å². The number of hydrogen-bond acceptors (Lipinski definition) is 3. The van der Waals surface area contributed by atoms with E-state index in [2.05, 4.69) is 10.6 Å². The Morgan fingerprint density at radius 3 is 2.69 bits per heavy atom. The van der Waals surface area contributed by atoms with Crippen molar-refractivity contribution in [3.05, 3.63) is 0 Å². The molecular weight excluding hydrogens is 204 g/mol. The summed E-state index contributed by atoms with van der Waals surface area (Å²) in [4.78, 5) is 11.4. The normalized spacial score (nSPS) is 29.3. The summed E-state index contributed by atoms with van der Waals surface area (Å²) in [7, 11) is 0. The Morgan fingerprint density at radius 2 is 2.06 bits per heavy atom. The monoisotopic (exact) mass is 226 g/mol. The Morgan fingerprint density at radius 1 is 1.25 bits per heavy atom. The lowest BCUT2D eigenvalue weighted by molar-refractivity contribution is -0.121. The van der Waals surface area contributed by atoms with Crippen LogP contribution in [0.3, 0.4) is 0 Å². The lowest BCUT2D eigenvalue weighted by Gasteiger charge is -2.14. The summed E-state index contributed by atoms with van der Waals surface area (Å²) in [6, 6.07) is 0.462. The maximum Gasteiger partial charge on any atom is 0.221 e. The topological polar surface area (TPSA) is 61.4 Å². The van der Waals surface area contributed by atoms with E-state index >= 15 is 0 Å². The van der Waals surface area contributed by atoms with Crippen LogP contribution in [0.25, 0.3) is 0 Å². The van der Waals surface area contributed by atoms with Crippen LogP contribution in [0.5, 0.6) is 0 Å². The summed E-state index contributed by atoms with van der Waals surface area (Å²) < 4.78 is 0. The number of carbonyl (C=O) groups is 1. The maximum atomic E-state index is 11.4. The minimum Gasteiger partial charge on any atom is -0.393 e. The molecule has 2 aliphatic carbocycles. The quantitative estimate of drug-likeness (QED) is 0.575. The Balaban J connectivity index is 1.49. The number of hydrogen-bond donors (Lipinski definition) is 3. The van der Waals surface area contributed by atoms with E-state index in [1.807, 2.05) is 0 Å². The number of aliphatic hydroxyl groups is 1. The third-order valence-corrected chi connectivity index (χ3v) is 3.50. The smallest absolute Gasteiger partial charge is 0.221 e. The van der Waals surface area contributed by atoms with E-state index in [1.54, 1.807) is 0 Å². The summed E-state index contributed by atoms with van der Waals surface area (Å²) in [5.74, 6) is 0.550. The van der Waals surface area contributed by atoms with E-state index < -0.39 is 0 Å². The zero-order chi connectivity index (χ0) is 11.4. The summed E-state index contributed by atoms with van der Waals surface area (Å²) in [6.07, 6.45) is 5.90. The molecule has 2 saturated carbocycles. The predicted molar refractivity (Wildman–Crippen MR) is 62.0 cm³/mol. The average molecular weight is 226 g/mol.